The minimum atomic E-state index is 0.752. The van der Waals surface area contributed by atoms with E-state index in [4.69, 9.17) is 0 Å². The van der Waals surface area contributed by atoms with Gasteiger partial charge in [-0.15, -0.1) is 0 Å². The van der Waals surface area contributed by atoms with Crippen LogP contribution < -0.4 is 10.2 Å². The molecule has 0 fully saturated rings. The summed E-state index contributed by atoms with van der Waals surface area (Å²) in [5, 5.41) is 3.26. The number of nitrogens with zero attached hydrogens (tertiary/aromatic N) is 3. The highest BCUT2D eigenvalue weighted by Gasteiger charge is 2.05. The Morgan fingerprint density at radius 2 is 2.15 bits per heavy atom. The number of hydrogen-bond acceptors (Lipinski definition) is 4. The van der Waals surface area contributed by atoms with Gasteiger partial charge in [0.2, 0.25) is 0 Å². The number of aromatic nitrogens is 2. The van der Waals surface area contributed by atoms with E-state index in [0.717, 1.165) is 35.6 Å². The molecular formula is C15H19BrN4. The molecule has 0 spiro atoms. The van der Waals surface area contributed by atoms with E-state index < -0.39 is 0 Å². The number of halogens is 1. The highest BCUT2D eigenvalue weighted by molar-refractivity contribution is 9.10. The highest BCUT2D eigenvalue weighted by Crippen LogP contribution is 2.16. The molecule has 0 unspecified atom stereocenters. The standard InChI is InChI=1S/C15H19BrN4/c1-3-17-8-14-9-18-10-15(19-14)20(2)11-12-5-4-6-13(16)7-12/h4-7,9-10,17H,3,8,11H2,1-2H3. The Labute approximate surface area is 128 Å². The molecule has 0 aliphatic carbocycles. The number of rotatable bonds is 6. The smallest absolute Gasteiger partial charge is 0.147 e. The van der Waals surface area contributed by atoms with E-state index >= 15 is 0 Å². The summed E-state index contributed by atoms with van der Waals surface area (Å²) in [5.74, 6) is 0.889. The molecule has 1 aromatic carbocycles. The van der Waals surface area contributed by atoms with Crippen molar-refractivity contribution in [1.82, 2.24) is 15.3 Å². The van der Waals surface area contributed by atoms with Crippen LogP contribution in [-0.4, -0.2) is 23.6 Å². The number of anilines is 1. The zero-order chi connectivity index (χ0) is 14.4. The Morgan fingerprint density at radius 1 is 1.30 bits per heavy atom. The van der Waals surface area contributed by atoms with Crippen molar-refractivity contribution in [2.75, 3.05) is 18.5 Å². The lowest BCUT2D eigenvalue weighted by Gasteiger charge is -2.18. The van der Waals surface area contributed by atoms with Crippen LogP contribution in [0.4, 0.5) is 5.82 Å². The predicted octanol–water partition coefficient (Wildman–Crippen LogP) is 2.99. The first-order valence-electron chi connectivity index (χ1n) is 6.66. The van der Waals surface area contributed by atoms with Gasteiger partial charge in [-0.1, -0.05) is 35.0 Å². The molecule has 0 bridgehead atoms. The van der Waals surface area contributed by atoms with E-state index in [2.05, 4.69) is 55.2 Å². The van der Waals surface area contributed by atoms with Crippen LogP contribution in [0.25, 0.3) is 0 Å². The highest BCUT2D eigenvalue weighted by atomic mass is 79.9. The van der Waals surface area contributed by atoms with Gasteiger partial charge in [0.15, 0.2) is 0 Å². The molecule has 1 heterocycles. The number of hydrogen-bond donors (Lipinski definition) is 1. The van der Waals surface area contributed by atoms with E-state index in [-0.39, 0.29) is 0 Å². The molecule has 0 saturated carbocycles. The molecule has 0 aliphatic heterocycles. The van der Waals surface area contributed by atoms with Gasteiger partial charge in [-0.2, -0.15) is 0 Å². The maximum atomic E-state index is 4.62. The first kappa shape index (κ1) is 14.9. The van der Waals surface area contributed by atoms with Gasteiger partial charge in [0.1, 0.15) is 5.82 Å². The van der Waals surface area contributed by atoms with Crippen LogP contribution in [0.15, 0.2) is 41.1 Å². The average Bonchev–Trinajstić information content (AvgIpc) is 2.45. The molecular weight excluding hydrogens is 316 g/mol. The lowest BCUT2D eigenvalue weighted by molar-refractivity contribution is 0.704. The van der Waals surface area contributed by atoms with Crippen molar-refractivity contribution in [2.45, 2.75) is 20.0 Å². The van der Waals surface area contributed by atoms with Crippen LogP contribution in [0, 0.1) is 0 Å². The molecule has 0 saturated heterocycles. The van der Waals surface area contributed by atoms with E-state index in [1.807, 2.05) is 19.2 Å². The van der Waals surface area contributed by atoms with Crippen LogP contribution >= 0.6 is 15.9 Å². The molecule has 1 N–H and O–H groups in total. The third-order valence-corrected chi connectivity index (χ3v) is 3.42. The van der Waals surface area contributed by atoms with Crippen molar-refractivity contribution in [1.29, 1.82) is 0 Å². The van der Waals surface area contributed by atoms with E-state index in [1.54, 1.807) is 12.4 Å². The van der Waals surface area contributed by atoms with Crippen LogP contribution in [-0.2, 0) is 13.1 Å². The molecule has 1 aromatic heterocycles. The molecule has 5 heteroatoms. The van der Waals surface area contributed by atoms with Crippen molar-refractivity contribution >= 4 is 21.7 Å². The van der Waals surface area contributed by atoms with Gasteiger partial charge in [0.25, 0.3) is 0 Å². The quantitative estimate of drug-likeness (QED) is 0.881. The summed E-state index contributed by atoms with van der Waals surface area (Å²) >= 11 is 3.49. The summed E-state index contributed by atoms with van der Waals surface area (Å²) < 4.78 is 1.09. The third kappa shape index (κ3) is 4.28. The van der Waals surface area contributed by atoms with Gasteiger partial charge in [-0.25, -0.2) is 4.98 Å². The Kier molecular flexibility index (Phi) is 5.49. The Hall–Kier alpha value is -1.46. The monoisotopic (exact) mass is 334 g/mol. The molecule has 20 heavy (non-hydrogen) atoms. The van der Waals surface area contributed by atoms with Crippen molar-refractivity contribution in [3.05, 3.63) is 52.4 Å². The largest absolute Gasteiger partial charge is 0.354 e. The Balaban J connectivity index is 2.06. The van der Waals surface area contributed by atoms with Gasteiger partial charge in [0.05, 0.1) is 11.9 Å². The van der Waals surface area contributed by atoms with Crippen LogP contribution in [0.5, 0.6) is 0 Å². The summed E-state index contributed by atoms with van der Waals surface area (Å²) in [6, 6.07) is 8.30. The van der Waals surface area contributed by atoms with Gasteiger partial charge in [-0.3, -0.25) is 4.98 Å². The van der Waals surface area contributed by atoms with Gasteiger partial charge < -0.3 is 10.2 Å². The second-order valence-corrected chi connectivity index (χ2v) is 5.55. The van der Waals surface area contributed by atoms with Crippen molar-refractivity contribution in [3.63, 3.8) is 0 Å². The first-order valence-corrected chi connectivity index (χ1v) is 7.45. The van der Waals surface area contributed by atoms with Gasteiger partial charge >= 0.3 is 0 Å². The zero-order valence-electron chi connectivity index (χ0n) is 11.8. The maximum Gasteiger partial charge on any atom is 0.147 e. The van der Waals surface area contributed by atoms with Crippen molar-refractivity contribution in [2.24, 2.45) is 0 Å². The lowest BCUT2D eigenvalue weighted by atomic mass is 10.2. The predicted molar refractivity (Wildman–Crippen MR) is 85.7 cm³/mol. The first-order chi connectivity index (χ1) is 9.69. The Morgan fingerprint density at radius 3 is 2.90 bits per heavy atom. The molecule has 2 rings (SSSR count). The summed E-state index contributed by atoms with van der Waals surface area (Å²) in [7, 11) is 2.03. The normalized spacial score (nSPS) is 10.6. The SMILES string of the molecule is CCNCc1cncc(N(C)Cc2cccc(Br)c2)n1. The molecule has 4 nitrogen and oxygen atoms in total. The average molecular weight is 335 g/mol. The van der Waals surface area contributed by atoms with Gasteiger partial charge in [0, 0.05) is 30.8 Å². The van der Waals surface area contributed by atoms with Crippen LogP contribution in [0.3, 0.4) is 0 Å². The molecule has 0 aliphatic rings. The second kappa shape index (κ2) is 7.36. The summed E-state index contributed by atoms with van der Waals surface area (Å²) in [4.78, 5) is 11.0. The minimum Gasteiger partial charge on any atom is -0.354 e. The third-order valence-electron chi connectivity index (χ3n) is 2.93. The fourth-order valence-electron chi connectivity index (χ4n) is 1.91. The fraction of sp³-hybridized carbons (Fsp3) is 0.333. The number of benzene rings is 1. The van der Waals surface area contributed by atoms with Crippen molar-refractivity contribution in [3.8, 4) is 0 Å². The summed E-state index contributed by atoms with van der Waals surface area (Å²) in [6.45, 7) is 4.57. The molecule has 0 atom stereocenters. The van der Waals surface area contributed by atoms with E-state index in [0.29, 0.717) is 0 Å². The molecule has 2 aromatic rings. The zero-order valence-corrected chi connectivity index (χ0v) is 13.4. The van der Waals surface area contributed by atoms with E-state index in [1.165, 1.54) is 5.56 Å². The maximum absolute atomic E-state index is 4.62. The van der Waals surface area contributed by atoms with Gasteiger partial charge in [-0.05, 0) is 24.2 Å². The fourth-order valence-corrected chi connectivity index (χ4v) is 2.35. The minimum absolute atomic E-state index is 0.752. The molecule has 106 valence electrons. The van der Waals surface area contributed by atoms with E-state index in [9.17, 15) is 0 Å². The van der Waals surface area contributed by atoms with Crippen LogP contribution in [0.1, 0.15) is 18.2 Å². The lowest BCUT2D eigenvalue weighted by Crippen LogP contribution is -2.20. The second-order valence-electron chi connectivity index (χ2n) is 4.63. The summed E-state index contributed by atoms with van der Waals surface area (Å²) in [5.41, 5.74) is 2.20. The summed E-state index contributed by atoms with van der Waals surface area (Å²) in [6.07, 6.45) is 3.60. The molecule has 0 radical (unpaired) electrons. The molecule has 0 amide bonds. The van der Waals surface area contributed by atoms with Crippen LogP contribution in [0.2, 0.25) is 0 Å². The Bertz CT molecular complexity index is 559. The van der Waals surface area contributed by atoms with Crippen molar-refractivity contribution < 1.29 is 0 Å². The topological polar surface area (TPSA) is 41.1 Å². The number of nitrogens with one attached hydrogen (secondary N) is 1.